The van der Waals surface area contributed by atoms with Crippen LogP contribution in [0.1, 0.15) is 30.4 Å². The van der Waals surface area contributed by atoms with E-state index in [0.29, 0.717) is 18.0 Å². The third-order valence-electron chi connectivity index (χ3n) is 4.26. The molecule has 0 unspecified atom stereocenters. The van der Waals surface area contributed by atoms with E-state index in [-0.39, 0.29) is 5.91 Å². The molecule has 1 aromatic heterocycles. The summed E-state index contributed by atoms with van der Waals surface area (Å²) >= 11 is 5.95. The molecule has 4 nitrogen and oxygen atoms in total. The standard InChI is InChI=1S/C19H22ClN3O/c20-17-5-3-4-16(12-17)14-22-19(24)7-6-15-8-9-21-18(13-15)23-10-1-2-11-23/h3-5,8-9,12-13H,1-2,6-7,10-11,14H2,(H,22,24). The summed E-state index contributed by atoms with van der Waals surface area (Å²) in [4.78, 5) is 18.8. The lowest BCUT2D eigenvalue weighted by Gasteiger charge is -2.16. The summed E-state index contributed by atoms with van der Waals surface area (Å²) in [5, 5.41) is 3.63. The molecular formula is C19H22ClN3O. The van der Waals surface area contributed by atoms with Crippen LogP contribution < -0.4 is 10.2 Å². The van der Waals surface area contributed by atoms with Gasteiger partial charge in [0.05, 0.1) is 0 Å². The zero-order valence-electron chi connectivity index (χ0n) is 13.7. The number of amides is 1. The van der Waals surface area contributed by atoms with Gasteiger partial charge in [0, 0.05) is 37.3 Å². The summed E-state index contributed by atoms with van der Waals surface area (Å²) in [6.07, 6.45) is 5.51. The summed E-state index contributed by atoms with van der Waals surface area (Å²) in [5.74, 6) is 1.08. The number of hydrogen-bond donors (Lipinski definition) is 1. The predicted octanol–water partition coefficient (Wildman–Crippen LogP) is 3.58. The van der Waals surface area contributed by atoms with Crippen LogP contribution in [0.5, 0.6) is 0 Å². The van der Waals surface area contributed by atoms with Crippen molar-refractivity contribution in [1.29, 1.82) is 0 Å². The molecule has 1 aliphatic rings. The number of hydrogen-bond acceptors (Lipinski definition) is 3. The number of aryl methyl sites for hydroxylation is 1. The molecule has 0 saturated carbocycles. The van der Waals surface area contributed by atoms with E-state index in [1.165, 1.54) is 12.8 Å². The van der Waals surface area contributed by atoms with Gasteiger partial charge in [0.15, 0.2) is 0 Å². The normalized spacial score (nSPS) is 14.0. The van der Waals surface area contributed by atoms with Crippen molar-refractivity contribution in [3.8, 4) is 0 Å². The molecule has 1 aliphatic heterocycles. The van der Waals surface area contributed by atoms with Crippen molar-refractivity contribution in [2.75, 3.05) is 18.0 Å². The Labute approximate surface area is 147 Å². The first-order chi connectivity index (χ1) is 11.7. The number of anilines is 1. The molecule has 24 heavy (non-hydrogen) atoms. The fourth-order valence-electron chi connectivity index (χ4n) is 2.93. The lowest BCUT2D eigenvalue weighted by atomic mass is 10.1. The van der Waals surface area contributed by atoms with E-state index >= 15 is 0 Å². The quantitative estimate of drug-likeness (QED) is 0.871. The largest absolute Gasteiger partial charge is 0.357 e. The number of benzene rings is 1. The summed E-state index contributed by atoms with van der Waals surface area (Å²) in [6.45, 7) is 2.67. The highest BCUT2D eigenvalue weighted by atomic mass is 35.5. The number of nitrogens with one attached hydrogen (secondary N) is 1. The predicted molar refractivity (Wildman–Crippen MR) is 97.3 cm³/mol. The highest BCUT2D eigenvalue weighted by Crippen LogP contribution is 2.19. The van der Waals surface area contributed by atoms with Gasteiger partial charge >= 0.3 is 0 Å². The van der Waals surface area contributed by atoms with Gasteiger partial charge in [0.2, 0.25) is 5.91 Å². The van der Waals surface area contributed by atoms with Gasteiger partial charge in [-0.25, -0.2) is 4.98 Å². The molecule has 2 aromatic rings. The summed E-state index contributed by atoms with van der Waals surface area (Å²) in [6, 6.07) is 11.6. The molecular weight excluding hydrogens is 322 g/mol. The Balaban J connectivity index is 1.48. The number of carbonyl (C=O) groups excluding carboxylic acids is 1. The van der Waals surface area contributed by atoms with Gasteiger partial charge < -0.3 is 10.2 Å². The first kappa shape index (κ1) is 16.8. The number of halogens is 1. The molecule has 0 radical (unpaired) electrons. The third-order valence-corrected chi connectivity index (χ3v) is 4.49. The Kier molecular flexibility index (Phi) is 5.70. The van der Waals surface area contributed by atoms with Gasteiger partial charge in [-0.2, -0.15) is 0 Å². The minimum absolute atomic E-state index is 0.0505. The highest BCUT2D eigenvalue weighted by molar-refractivity contribution is 6.30. The van der Waals surface area contributed by atoms with Gasteiger partial charge in [-0.05, 0) is 54.7 Å². The van der Waals surface area contributed by atoms with Crippen LogP contribution in [0.3, 0.4) is 0 Å². The van der Waals surface area contributed by atoms with Crippen molar-refractivity contribution in [3.05, 3.63) is 58.7 Å². The van der Waals surface area contributed by atoms with E-state index in [1.807, 2.05) is 36.5 Å². The second-order valence-corrected chi connectivity index (χ2v) is 6.56. The lowest BCUT2D eigenvalue weighted by molar-refractivity contribution is -0.121. The van der Waals surface area contributed by atoms with Gasteiger partial charge in [0.25, 0.3) is 0 Å². The van der Waals surface area contributed by atoms with Crippen molar-refractivity contribution in [1.82, 2.24) is 10.3 Å². The van der Waals surface area contributed by atoms with E-state index < -0.39 is 0 Å². The summed E-state index contributed by atoms with van der Waals surface area (Å²) in [5.41, 5.74) is 2.17. The molecule has 0 bridgehead atoms. The molecule has 3 rings (SSSR count). The third kappa shape index (κ3) is 4.71. The van der Waals surface area contributed by atoms with Crippen molar-refractivity contribution in [3.63, 3.8) is 0 Å². The van der Waals surface area contributed by atoms with E-state index in [9.17, 15) is 4.79 Å². The molecule has 1 fully saturated rings. The average molecular weight is 344 g/mol. The molecule has 0 spiro atoms. The molecule has 1 aromatic carbocycles. The number of carbonyl (C=O) groups is 1. The van der Waals surface area contributed by atoms with E-state index in [2.05, 4.69) is 21.3 Å². The van der Waals surface area contributed by atoms with E-state index in [1.54, 1.807) is 0 Å². The van der Waals surface area contributed by atoms with Gasteiger partial charge in [-0.1, -0.05) is 23.7 Å². The van der Waals surface area contributed by atoms with Crippen LogP contribution in [0.25, 0.3) is 0 Å². The Morgan fingerprint density at radius 3 is 2.79 bits per heavy atom. The Hall–Kier alpha value is -2.07. The lowest BCUT2D eigenvalue weighted by Crippen LogP contribution is -2.23. The van der Waals surface area contributed by atoms with Crippen molar-refractivity contribution < 1.29 is 4.79 Å². The van der Waals surface area contributed by atoms with Crippen LogP contribution in [0.2, 0.25) is 5.02 Å². The van der Waals surface area contributed by atoms with Crippen LogP contribution in [0.15, 0.2) is 42.6 Å². The zero-order chi connectivity index (χ0) is 16.8. The fourth-order valence-corrected chi connectivity index (χ4v) is 3.14. The molecule has 1 N–H and O–H groups in total. The molecule has 2 heterocycles. The molecule has 1 saturated heterocycles. The Morgan fingerprint density at radius 2 is 2.00 bits per heavy atom. The van der Waals surface area contributed by atoms with Gasteiger partial charge in [0.1, 0.15) is 5.82 Å². The smallest absolute Gasteiger partial charge is 0.220 e. The zero-order valence-corrected chi connectivity index (χ0v) is 14.4. The molecule has 0 aliphatic carbocycles. The maximum absolute atomic E-state index is 12.0. The van der Waals surface area contributed by atoms with Crippen molar-refractivity contribution in [2.45, 2.75) is 32.2 Å². The second-order valence-electron chi connectivity index (χ2n) is 6.12. The topological polar surface area (TPSA) is 45.2 Å². The summed E-state index contributed by atoms with van der Waals surface area (Å²) < 4.78 is 0. The Morgan fingerprint density at radius 1 is 1.17 bits per heavy atom. The SMILES string of the molecule is O=C(CCc1ccnc(N2CCCC2)c1)NCc1cccc(Cl)c1. The van der Waals surface area contributed by atoms with Crippen LogP contribution >= 0.6 is 11.6 Å². The highest BCUT2D eigenvalue weighted by Gasteiger charge is 2.13. The molecule has 0 atom stereocenters. The molecule has 5 heteroatoms. The molecule has 126 valence electrons. The number of aromatic nitrogens is 1. The van der Waals surface area contributed by atoms with Crippen LogP contribution in [-0.2, 0) is 17.8 Å². The van der Waals surface area contributed by atoms with Crippen molar-refractivity contribution >= 4 is 23.3 Å². The van der Waals surface area contributed by atoms with Crippen molar-refractivity contribution in [2.24, 2.45) is 0 Å². The maximum Gasteiger partial charge on any atom is 0.220 e. The average Bonchev–Trinajstić information content (AvgIpc) is 3.13. The van der Waals surface area contributed by atoms with Crippen LogP contribution in [-0.4, -0.2) is 24.0 Å². The number of rotatable bonds is 6. The van der Waals surface area contributed by atoms with Gasteiger partial charge in [-0.15, -0.1) is 0 Å². The first-order valence-corrected chi connectivity index (χ1v) is 8.79. The van der Waals surface area contributed by atoms with E-state index in [4.69, 9.17) is 11.6 Å². The Bertz CT molecular complexity index is 699. The number of nitrogens with zero attached hydrogens (tertiary/aromatic N) is 2. The first-order valence-electron chi connectivity index (χ1n) is 8.42. The second kappa shape index (κ2) is 8.15. The van der Waals surface area contributed by atoms with Gasteiger partial charge in [-0.3, -0.25) is 4.79 Å². The minimum Gasteiger partial charge on any atom is -0.357 e. The van der Waals surface area contributed by atoms with E-state index in [0.717, 1.165) is 36.5 Å². The minimum atomic E-state index is 0.0505. The molecule has 1 amide bonds. The maximum atomic E-state index is 12.0. The fraction of sp³-hybridized carbons (Fsp3) is 0.368. The monoisotopic (exact) mass is 343 g/mol. The number of pyridine rings is 1. The van der Waals surface area contributed by atoms with Crippen LogP contribution in [0, 0.1) is 0 Å². The summed E-state index contributed by atoms with van der Waals surface area (Å²) in [7, 11) is 0. The van der Waals surface area contributed by atoms with Crippen LogP contribution in [0.4, 0.5) is 5.82 Å².